The number of carbonyl (C=O) groups excluding carboxylic acids is 1. The number of allylic oxidation sites excluding steroid dienone is 2. The molecule has 2 nitrogen and oxygen atoms in total. The summed E-state index contributed by atoms with van der Waals surface area (Å²) < 4.78 is 5.11. The monoisotopic (exact) mass is 216 g/mol. The van der Waals surface area contributed by atoms with E-state index in [1.165, 1.54) is 6.08 Å². The van der Waals surface area contributed by atoms with Gasteiger partial charge in [-0.3, -0.25) is 0 Å². The Morgan fingerprint density at radius 1 is 1.31 bits per heavy atom. The average Bonchev–Trinajstić information content (AvgIpc) is 2.34. The quantitative estimate of drug-likeness (QED) is 0.437. The first-order valence-corrected chi connectivity index (χ1v) is 5.36. The Hall–Kier alpha value is -1.83. The summed E-state index contributed by atoms with van der Waals surface area (Å²) in [4.78, 5) is 11.4. The Balaban J connectivity index is 2.55. The van der Waals surface area contributed by atoms with Crippen LogP contribution in [0.25, 0.3) is 6.08 Å². The van der Waals surface area contributed by atoms with Crippen LogP contribution in [0.3, 0.4) is 0 Å². The van der Waals surface area contributed by atoms with Gasteiger partial charge in [-0.2, -0.15) is 0 Å². The lowest BCUT2D eigenvalue weighted by Gasteiger charge is -2.02. The van der Waals surface area contributed by atoms with Crippen LogP contribution in [0.5, 0.6) is 0 Å². The molecule has 16 heavy (non-hydrogen) atoms. The van der Waals surface area contributed by atoms with E-state index in [9.17, 15) is 4.79 Å². The van der Waals surface area contributed by atoms with Gasteiger partial charge in [0.05, 0.1) is 0 Å². The largest absolute Gasteiger partial charge is 0.428 e. The van der Waals surface area contributed by atoms with E-state index in [-0.39, 0.29) is 5.97 Å². The molecule has 0 N–H and O–H groups in total. The molecule has 0 aromatic heterocycles. The van der Waals surface area contributed by atoms with Crippen LogP contribution in [-0.4, -0.2) is 5.97 Å². The molecule has 2 heteroatoms. The fraction of sp³-hybridized carbons (Fsp3) is 0.214. The highest BCUT2D eigenvalue weighted by molar-refractivity contribution is 5.87. The Kier molecular flexibility index (Phi) is 5.06. The Morgan fingerprint density at radius 2 is 2.00 bits per heavy atom. The van der Waals surface area contributed by atoms with Crippen LogP contribution in [0.2, 0.25) is 0 Å². The van der Waals surface area contributed by atoms with Crippen LogP contribution in [0, 0.1) is 0 Å². The maximum absolute atomic E-state index is 11.4. The molecule has 0 aliphatic rings. The Labute approximate surface area is 96.2 Å². The normalized spacial score (nSPS) is 11.8. The maximum Gasteiger partial charge on any atom is 0.335 e. The molecule has 0 bridgehead atoms. The van der Waals surface area contributed by atoms with Crippen LogP contribution >= 0.6 is 0 Å². The van der Waals surface area contributed by atoms with Gasteiger partial charge < -0.3 is 4.74 Å². The standard InChI is InChI=1S/C14H16O2/c1-3-13(4-2)16-14(15)11-10-12-8-6-5-7-9-12/h3,5-11H,4H2,1-2H3. The molecule has 84 valence electrons. The molecule has 0 saturated carbocycles. The maximum atomic E-state index is 11.4. The summed E-state index contributed by atoms with van der Waals surface area (Å²) in [5.74, 6) is 0.363. The fourth-order valence-electron chi connectivity index (χ4n) is 1.23. The van der Waals surface area contributed by atoms with Gasteiger partial charge in [0.1, 0.15) is 5.76 Å². The lowest BCUT2D eigenvalue weighted by Crippen LogP contribution is -1.99. The summed E-state index contributed by atoms with van der Waals surface area (Å²) >= 11 is 0. The van der Waals surface area contributed by atoms with E-state index in [0.717, 1.165) is 12.0 Å². The summed E-state index contributed by atoms with van der Waals surface area (Å²) in [6, 6.07) is 9.65. The molecule has 1 aromatic rings. The zero-order valence-corrected chi connectivity index (χ0v) is 9.64. The minimum atomic E-state index is -0.334. The molecule has 0 spiro atoms. The van der Waals surface area contributed by atoms with Crippen molar-refractivity contribution in [2.75, 3.05) is 0 Å². The topological polar surface area (TPSA) is 26.3 Å². The third-order valence-electron chi connectivity index (χ3n) is 2.11. The zero-order chi connectivity index (χ0) is 11.8. The molecular formula is C14H16O2. The molecule has 0 atom stereocenters. The summed E-state index contributed by atoms with van der Waals surface area (Å²) in [7, 11) is 0. The van der Waals surface area contributed by atoms with E-state index < -0.39 is 0 Å². The number of benzene rings is 1. The van der Waals surface area contributed by atoms with Crippen molar-refractivity contribution in [2.45, 2.75) is 20.3 Å². The number of hydrogen-bond donors (Lipinski definition) is 0. The van der Waals surface area contributed by atoms with E-state index in [1.54, 1.807) is 12.2 Å². The molecule has 0 radical (unpaired) electrons. The number of carbonyl (C=O) groups is 1. The highest BCUT2D eigenvalue weighted by Gasteiger charge is 1.99. The SMILES string of the molecule is CC=C(CC)OC(=O)C=Cc1ccccc1. The van der Waals surface area contributed by atoms with Gasteiger partial charge in [-0.1, -0.05) is 37.3 Å². The first-order chi connectivity index (χ1) is 7.76. The number of ether oxygens (including phenoxy) is 1. The van der Waals surface area contributed by atoms with Crippen LogP contribution in [0.4, 0.5) is 0 Å². The van der Waals surface area contributed by atoms with E-state index in [2.05, 4.69) is 0 Å². The van der Waals surface area contributed by atoms with Gasteiger partial charge in [0, 0.05) is 12.5 Å². The van der Waals surface area contributed by atoms with E-state index in [1.807, 2.05) is 44.2 Å². The van der Waals surface area contributed by atoms with Crippen LogP contribution in [0.1, 0.15) is 25.8 Å². The summed E-state index contributed by atoms with van der Waals surface area (Å²) in [5, 5.41) is 0. The van der Waals surface area contributed by atoms with E-state index >= 15 is 0 Å². The molecule has 0 fully saturated rings. The van der Waals surface area contributed by atoms with E-state index in [0.29, 0.717) is 5.76 Å². The highest BCUT2D eigenvalue weighted by atomic mass is 16.5. The predicted octanol–water partition coefficient (Wildman–Crippen LogP) is 3.56. The lowest BCUT2D eigenvalue weighted by molar-refractivity contribution is -0.133. The van der Waals surface area contributed by atoms with Gasteiger partial charge in [-0.05, 0) is 24.6 Å². The van der Waals surface area contributed by atoms with Crippen molar-refractivity contribution < 1.29 is 9.53 Å². The van der Waals surface area contributed by atoms with Crippen molar-refractivity contribution in [1.82, 2.24) is 0 Å². The second kappa shape index (κ2) is 6.62. The first-order valence-electron chi connectivity index (χ1n) is 5.36. The van der Waals surface area contributed by atoms with Crippen molar-refractivity contribution in [2.24, 2.45) is 0 Å². The Morgan fingerprint density at radius 3 is 2.56 bits per heavy atom. The van der Waals surface area contributed by atoms with Gasteiger partial charge in [0.2, 0.25) is 0 Å². The zero-order valence-electron chi connectivity index (χ0n) is 9.64. The van der Waals surface area contributed by atoms with Crippen molar-refractivity contribution >= 4 is 12.0 Å². The van der Waals surface area contributed by atoms with Gasteiger partial charge >= 0.3 is 5.97 Å². The molecule has 0 aliphatic carbocycles. The number of hydrogen-bond acceptors (Lipinski definition) is 2. The predicted molar refractivity (Wildman–Crippen MR) is 65.6 cm³/mol. The average molecular weight is 216 g/mol. The van der Waals surface area contributed by atoms with E-state index in [4.69, 9.17) is 4.74 Å². The number of rotatable bonds is 4. The van der Waals surface area contributed by atoms with Gasteiger partial charge in [-0.25, -0.2) is 4.79 Å². The first kappa shape index (κ1) is 12.2. The molecule has 0 unspecified atom stereocenters. The third kappa shape index (κ3) is 4.13. The second-order valence-corrected chi connectivity index (χ2v) is 3.27. The molecular weight excluding hydrogens is 200 g/mol. The Bertz CT molecular complexity index is 388. The molecule has 0 amide bonds. The molecule has 0 saturated heterocycles. The lowest BCUT2D eigenvalue weighted by atomic mass is 10.2. The van der Waals surface area contributed by atoms with Gasteiger partial charge in [0.15, 0.2) is 0 Å². The summed E-state index contributed by atoms with van der Waals surface area (Å²) in [5.41, 5.74) is 0.984. The van der Waals surface area contributed by atoms with Crippen LogP contribution in [0.15, 0.2) is 48.2 Å². The minimum Gasteiger partial charge on any atom is -0.428 e. The smallest absolute Gasteiger partial charge is 0.335 e. The van der Waals surface area contributed by atoms with Gasteiger partial charge in [-0.15, -0.1) is 0 Å². The van der Waals surface area contributed by atoms with Gasteiger partial charge in [0.25, 0.3) is 0 Å². The van der Waals surface area contributed by atoms with Crippen LogP contribution < -0.4 is 0 Å². The van der Waals surface area contributed by atoms with Crippen molar-refractivity contribution in [1.29, 1.82) is 0 Å². The van der Waals surface area contributed by atoms with Crippen molar-refractivity contribution in [3.63, 3.8) is 0 Å². The summed E-state index contributed by atoms with van der Waals surface area (Å²) in [6.45, 7) is 3.80. The molecule has 0 aliphatic heterocycles. The van der Waals surface area contributed by atoms with Crippen molar-refractivity contribution in [3.8, 4) is 0 Å². The molecule has 1 aromatic carbocycles. The molecule has 1 rings (SSSR count). The third-order valence-corrected chi connectivity index (χ3v) is 2.11. The highest BCUT2D eigenvalue weighted by Crippen LogP contribution is 2.05. The van der Waals surface area contributed by atoms with Crippen LogP contribution in [-0.2, 0) is 9.53 Å². The fourth-order valence-corrected chi connectivity index (χ4v) is 1.23. The summed E-state index contributed by atoms with van der Waals surface area (Å²) in [6.07, 6.45) is 5.70. The van der Waals surface area contributed by atoms with Crippen molar-refractivity contribution in [3.05, 3.63) is 53.8 Å². The number of esters is 1. The second-order valence-electron chi connectivity index (χ2n) is 3.27. The minimum absolute atomic E-state index is 0.334. The molecule has 0 heterocycles.